The molecule has 0 saturated carbocycles. The Labute approximate surface area is 112 Å². The molecule has 0 aliphatic heterocycles. The molecule has 2 heterocycles. The maximum atomic E-state index is 11.9. The van der Waals surface area contributed by atoms with Crippen molar-refractivity contribution in [3.63, 3.8) is 0 Å². The fourth-order valence-electron chi connectivity index (χ4n) is 1.57. The highest BCUT2D eigenvalue weighted by Crippen LogP contribution is 2.13. The summed E-state index contributed by atoms with van der Waals surface area (Å²) in [7, 11) is 1.82. The number of amides is 1. The average molecular weight is 313 g/mol. The van der Waals surface area contributed by atoms with Gasteiger partial charge in [-0.25, -0.2) is 0 Å². The Morgan fingerprint density at radius 2 is 2.39 bits per heavy atom. The van der Waals surface area contributed by atoms with Crippen molar-refractivity contribution in [3.8, 4) is 0 Å². The molecule has 96 valence electrons. The minimum atomic E-state index is -0.126. The standard InChI is InChI=1S/C11H13BrN4O2/c1-7-14-10(18-15-7)3-4-13-11(17)9-5-8(12)6-16(9)2/h5-6H,3-4H2,1-2H3,(H,13,17). The van der Waals surface area contributed by atoms with Gasteiger partial charge in [0.05, 0.1) is 0 Å². The van der Waals surface area contributed by atoms with Crippen LogP contribution in [0.4, 0.5) is 0 Å². The maximum absolute atomic E-state index is 11.9. The van der Waals surface area contributed by atoms with Crippen molar-refractivity contribution in [1.82, 2.24) is 20.0 Å². The second-order valence-corrected chi connectivity index (χ2v) is 4.81. The summed E-state index contributed by atoms with van der Waals surface area (Å²) in [6.45, 7) is 2.22. The first-order chi connectivity index (χ1) is 8.56. The van der Waals surface area contributed by atoms with Gasteiger partial charge in [-0.05, 0) is 28.9 Å². The van der Waals surface area contributed by atoms with Crippen LogP contribution in [-0.4, -0.2) is 27.2 Å². The normalized spacial score (nSPS) is 10.6. The van der Waals surface area contributed by atoms with E-state index in [1.807, 2.05) is 13.2 Å². The smallest absolute Gasteiger partial charge is 0.267 e. The first-order valence-electron chi connectivity index (χ1n) is 5.45. The summed E-state index contributed by atoms with van der Waals surface area (Å²) < 4.78 is 7.59. The summed E-state index contributed by atoms with van der Waals surface area (Å²) in [6.07, 6.45) is 2.36. The van der Waals surface area contributed by atoms with Crippen LogP contribution in [0.15, 0.2) is 21.3 Å². The van der Waals surface area contributed by atoms with Gasteiger partial charge in [0.1, 0.15) is 5.69 Å². The number of rotatable bonds is 4. The maximum Gasteiger partial charge on any atom is 0.267 e. The van der Waals surface area contributed by atoms with Crippen molar-refractivity contribution in [3.05, 3.63) is 34.1 Å². The molecule has 0 radical (unpaired) electrons. The number of nitrogens with one attached hydrogen (secondary N) is 1. The third-order valence-corrected chi connectivity index (χ3v) is 2.83. The predicted molar refractivity (Wildman–Crippen MR) is 68.2 cm³/mol. The Bertz CT molecular complexity index is 561. The zero-order chi connectivity index (χ0) is 13.1. The van der Waals surface area contributed by atoms with Gasteiger partial charge in [-0.3, -0.25) is 4.79 Å². The molecule has 0 aliphatic rings. The zero-order valence-electron chi connectivity index (χ0n) is 10.1. The van der Waals surface area contributed by atoms with E-state index in [1.165, 1.54) is 0 Å². The molecule has 2 aromatic heterocycles. The Hall–Kier alpha value is -1.63. The Balaban J connectivity index is 1.87. The number of hydrogen-bond donors (Lipinski definition) is 1. The van der Waals surface area contributed by atoms with Crippen LogP contribution in [0.2, 0.25) is 0 Å². The predicted octanol–water partition coefficient (Wildman–Crippen LogP) is 1.45. The molecule has 0 aliphatic carbocycles. The molecule has 6 nitrogen and oxygen atoms in total. The number of carbonyl (C=O) groups excluding carboxylic acids is 1. The molecule has 0 bridgehead atoms. The van der Waals surface area contributed by atoms with Crippen LogP contribution in [-0.2, 0) is 13.5 Å². The summed E-state index contributed by atoms with van der Waals surface area (Å²) >= 11 is 3.32. The number of halogens is 1. The molecule has 18 heavy (non-hydrogen) atoms. The van der Waals surface area contributed by atoms with Crippen molar-refractivity contribution in [2.75, 3.05) is 6.54 Å². The molecule has 2 aromatic rings. The van der Waals surface area contributed by atoms with Gasteiger partial charge in [0, 0.05) is 30.7 Å². The van der Waals surface area contributed by atoms with E-state index in [0.717, 1.165) is 4.47 Å². The summed E-state index contributed by atoms with van der Waals surface area (Å²) in [5.41, 5.74) is 0.601. The molecular weight excluding hydrogens is 300 g/mol. The van der Waals surface area contributed by atoms with Gasteiger partial charge >= 0.3 is 0 Å². The van der Waals surface area contributed by atoms with Crippen LogP contribution in [0, 0.1) is 6.92 Å². The fourth-order valence-corrected chi connectivity index (χ4v) is 2.09. The van der Waals surface area contributed by atoms with Gasteiger partial charge in [0.25, 0.3) is 5.91 Å². The minimum absolute atomic E-state index is 0.126. The van der Waals surface area contributed by atoms with Crippen molar-refractivity contribution in [2.45, 2.75) is 13.3 Å². The number of carbonyl (C=O) groups is 1. The molecule has 0 unspecified atom stereocenters. The van der Waals surface area contributed by atoms with Gasteiger partial charge < -0.3 is 14.4 Å². The van der Waals surface area contributed by atoms with E-state index in [4.69, 9.17) is 4.52 Å². The summed E-state index contributed by atoms with van der Waals surface area (Å²) in [4.78, 5) is 15.9. The zero-order valence-corrected chi connectivity index (χ0v) is 11.7. The van der Waals surface area contributed by atoms with Crippen LogP contribution in [0.3, 0.4) is 0 Å². The Morgan fingerprint density at radius 1 is 1.61 bits per heavy atom. The van der Waals surface area contributed by atoms with Gasteiger partial charge in [-0.2, -0.15) is 4.98 Å². The monoisotopic (exact) mass is 312 g/mol. The fraction of sp³-hybridized carbons (Fsp3) is 0.364. The van der Waals surface area contributed by atoms with Gasteiger partial charge in [-0.1, -0.05) is 5.16 Å². The lowest BCUT2D eigenvalue weighted by atomic mass is 10.3. The second kappa shape index (κ2) is 5.34. The topological polar surface area (TPSA) is 73.0 Å². The lowest BCUT2D eigenvalue weighted by Gasteiger charge is -2.04. The van der Waals surface area contributed by atoms with Crippen LogP contribution in [0.1, 0.15) is 22.2 Å². The largest absolute Gasteiger partial charge is 0.350 e. The van der Waals surface area contributed by atoms with Gasteiger partial charge in [-0.15, -0.1) is 0 Å². The molecule has 0 atom stereocenters. The highest BCUT2D eigenvalue weighted by atomic mass is 79.9. The van der Waals surface area contributed by atoms with E-state index in [9.17, 15) is 4.79 Å². The Morgan fingerprint density at radius 3 is 2.94 bits per heavy atom. The average Bonchev–Trinajstić information content (AvgIpc) is 2.85. The third kappa shape index (κ3) is 2.98. The Kier molecular flexibility index (Phi) is 3.81. The molecule has 0 spiro atoms. The van der Waals surface area contributed by atoms with Crippen molar-refractivity contribution < 1.29 is 9.32 Å². The molecular formula is C11H13BrN4O2. The second-order valence-electron chi connectivity index (χ2n) is 3.90. The lowest BCUT2D eigenvalue weighted by molar-refractivity contribution is 0.0945. The third-order valence-electron chi connectivity index (χ3n) is 2.40. The number of aryl methyl sites for hydroxylation is 2. The van der Waals surface area contributed by atoms with E-state index in [2.05, 4.69) is 31.4 Å². The summed E-state index contributed by atoms with van der Waals surface area (Å²) in [6, 6.07) is 1.77. The van der Waals surface area contributed by atoms with Gasteiger partial charge in [0.2, 0.25) is 5.89 Å². The number of nitrogens with zero attached hydrogens (tertiary/aromatic N) is 3. The van der Waals surface area contributed by atoms with E-state index in [-0.39, 0.29) is 5.91 Å². The quantitative estimate of drug-likeness (QED) is 0.927. The van der Waals surface area contributed by atoms with Crippen molar-refractivity contribution >= 4 is 21.8 Å². The lowest BCUT2D eigenvalue weighted by Crippen LogP contribution is -2.27. The minimum Gasteiger partial charge on any atom is -0.350 e. The number of hydrogen-bond acceptors (Lipinski definition) is 4. The SMILES string of the molecule is Cc1noc(CCNC(=O)c2cc(Br)cn2C)n1. The molecule has 0 fully saturated rings. The van der Waals surface area contributed by atoms with E-state index < -0.39 is 0 Å². The van der Waals surface area contributed by atoms with Crippen molar-refractivity contribution in [2.24, 2.45) is 7.05 Å². The van der Waals surface area contributed by atoms with E-state index in [0.29, 0.717) is 30.4 Å². The van der Waals surface area contributed by atoms with Crippen LogP contribution in [0.25, 0.3) is 0 Å². The van der Waals surface area contributed by atoms with Crippen LogP contribution >= 0.6 is 15.9 Å². The highest BCUT2D eigenvalue weighted by molar-refractivity contribution is 9.10. The van der Waals surface area contributed by atoms with Crippen LogP contribution in [0.5, 0.6) is 0 Å². The molecule has 2 rings (SSSR count). The summed E-state index contributed by atoms with van der Waals surface area (Å²) in [5, 5.41) is 6.48. The van der Waals surface area contributed by atoms with E-state index >= 15 is 0 Å². The first kappa shape index (κ1) is 12.8. The molecule has 0 saturated heterocycles. The number of aromatic nitrogens is 3. The van der Waals surface area contributed by atoms with Crippen molar-refractivity contribution in [1.29, 1.82) is 0 Å². The molecule has 0 aromatic carbocycles. The molecule has 1 N–H and O–H groups in total. The highest BCUT2D eigenvalue weighted by Gasteiger charge is 2.11. The van der Waals surface area contributed by atoms with Gasteiger partial charge in [0.15, 0.2) is 5.82 Å². The molecule has 7 heteroatoms. The molecule has 1 amide bonds. The van der Waals surface area contributed by atoms with Crippen LogP contribution < -0.4 is 5.32 Å². The van der Waals surface area contributed by atoms with E-state index in [1.54, 1.807) is 17.6 Å². The summed E-state index contributed by atoms with van der Waals surface area (Å²) in [5.74, 6) is 1.00. The first-order valence-corrected chi connectivity index (χ1v) is 6.25.